The van der Waals surface area contributed by atoms with E-state index in [4.69, 9.17) is 0 Å². The number of hydrogen-bond donors (Lipinski definition) is 0. The lowest BCUT2D eigenvalue weighted by Gasteiger charge is -2.13. The van der Waals surface area contributed by atoms with Crippen molar-refractivity contribution in [3.63, 3.8) is 0 Å². The molecule has 1 heterocycles. The van der Waals surface area contributed by atoms with E-state index in [1.54, 1.807) is 12.4 Å². The van der Waals surface area contributed by atoms with Crippen LogP contribution in [0.15, 0.2) is 48.8 Å². The Morgan fingerprint density at radius 2 is 2.10 bits per heavy atom. The summed E-state index contributed by atoms with van der Waals surface area (Å²) in [5, 5.41) is 0. The fraction of sp³-hybridized carbons (Fsp3) is 0.333. The third kappa shape index (κ3) is 1.87. The van der Waals surface area contributed by atoms with E-state index in [-0.39, 0.29) is 5.92 Å². The summed E-state index contributed by atoms with van der Waals surface area (Å²) in [4.78, 5) is 16.6. The summed E-state index contributed by atoms with van der Waals surface area (Å²) in [6.07, 6.45) is 6.39. The third-order valence-corrected chi connectivity index (χ3v) is 4.80. The first-order chi connectivity index (χ1) is 9.84. The zero-order chi connectivity index (χ0) is 13.5. The van der Waals surface area contributed by atoms with Gasteiger partial charge in [0.05, 0.1) is 0 Å². The van der Waals surface area contributed by atoms with Gasteiger partial charge in [-0.1, -0.05) is 30.3 Å². The number of hydrogen-bond acceptors (Lipinski definition) is 2. The molecule has 2 heteroatoms. The van der Waals surface area contributed by atoms with Gasteiger partial charge in [0, 0.05) is 24.7 Å². The Hall–Kier alpha value is -1.96. The summed E-state index contributed by atoms with van der Waals surface area (Å²) >= 11 is 0. The molecule has 3 unspecified atom stereocenters. The van der Waals surface area contributed by atoms with Crippen molar-refractivity contribution in [2.24, 2.45) is 11.8 Å². The molecule has 2 aliphatic carbocycles. The molecule has 2 nitrogen and oxygen atoms in total. The number of Topliss-reactive ketones (excluding diaryl/α,β-unsaturated/α-hetero) is 1. The number of carbonyl (C=O) groups is 1. The number of aromatic nitrogens is 1. The van der Waals surface area contributed by atoms with E-state index in [2.05, 4.69) is 29.2 Å². The summed E-state index contributed by atoms with van der Waals surface area (Å²) in [5.41, 5.74) is 3.91. The largest absolute Gasteiger partial charge is 0.299 e. The molecular formula is C18H17NO. The van der Waals surface area contributed by atoms with Crippen LogP contribution in [0.2, 0.25) is 0 Å². The highest BCUT2D eigenvalue weighted by Crippen LogP contribution is 2.60. The molecule has 100 valence electrons. The van der Waals surface area contributed by atoms with E-state index in [1.165, 1.54) is 17.5 Å². The standard InChI is InChI=1S/C18H17NO/c20-16(10-12-4-3-9-19-11-12)18-15-8-7-13-5-1-2-6-14(13)17(15)18/h1-6,9,11,15,17-18H,7-8,10H2. The second kappa shape index (κ2) is 4.55. The van der Waals surface area contributed by atoms with Crippen molar-refractivity contribution in [3.05, 3.63) is 65.5 Å². The van der Waals surface area contributed by atoms with E-state index in [0.29, 0.717) is 24.0 Å². The van der Waals surface area contributed by atoms with Crippen molar-refractivity contribution in [3.8, 4) is 0 Å². The van der Waals surface area contributed by atoms with Gasteiger partial charge < -0.3 is 0 Å². The fourth-order valence-corrected chi connectivity index (χ4v) is 3.83. The quantitative estimate of drug-likeness (QED) is 0.851. The molecule has 0 bridgehead atoms. The van der Waals surface area contributed by atoms with Crippen LogP contribution in [0.1, 0.15) is 29.0 Å². The van der Waals surface area contributed by atoms with Gasteiger partial charge in [0.1, 0.15) is 5.78 Å². The monoisotopic (exact) mass is 263 g/mol. The van der Waals surface area contributed by atoms with Crippen LogP contribution in [0.4, 0.5) is 0 Å². The first-order valence-electron chi connectivity index (χ1n) is 7.34. The second-order valence-electron chi connectivity index (χ2n) is 5.96. The van der Waals surface area contributed by atoms with Gasteiger partial charge in [-0.3, -0.25) is 9.78 Å². The summed E-state index contributed by atoms with van der Waals surface area (Å²) in [6, 6.07) is 12.5. The summed E-state index contributed by atoms with van der Waals surface area (Å²) < 4.78 is 0. The highest BCUT2D eigenvalue weighted by atomic mass is 16.1. The predicted octanol–water partition coefficient (Wildman–Crippen LogP) is 3.17. The molecule has 1 aromatic carbocycles. The predicted molar refractivity (Wildman–Crippen MR) is 77.4 cm³/mol. The number of rotatable bonds is 3. The Morgan fingerprint density at radius 1 is 1.20 bits per heavy atom. The molecule has 0 radical (unpaired) electrons. The van der Waals surface area contributed by atoms with Gasteiger partial charge in [0.15, 0.2) is 0 Å². The van der Waals surface area contributed by atoms with Crippen molar-refractivity contribution < 1.29 is 4.79 Å². The van der Waals surface area contributed by atoms with Crippen LogP contribution >= 0.6 is 0 Å². The number of ketones is 1. The van der Waals surface area contributed by atoms with Crippen LogP contribution in [0.3, 0.4) is 0 Å². The molecule has 20 heavy (non-hydrogen) atoms. The maximum Gasteiger partial charge on any atom is 0.141 e. The number of carbonyl (C=O) groups excluding carboxylic acids is 1. The van der Waals surface area contributed by atoms with Crippen molar-refractivity contribution in [1.82, 2.24) is 4.98 Å². The molecule has 2 aromatic rings. The van der Waals surface area contributed by atoms with Gasteiger partial charge in [0.25, 0.3) is 0 Å². The topological polar surface area (TPSA) is 30.0 Å². The van der Waals surface area contributed by atoms with Crippen molar-refractivity contribution in [2.75, 3.05) is 0 Å². The van der Waals surface area contributed by atoms with Crippen LogP contribution in [0.25, 0.3) is 0 Å². The Labute approximate surface area is 118 Å². The third-order valence-electron chi connectivity index (χ3n) is 4.80. The van der Waals surface area contributed by atoms with Gasteiger partial charge in [0.2, 0.25) is 0 Å². The minimum absolute atomic E-state index is 0.249. The van der Waals surface area contributed by atoms with Crippen LogP contribution in [0, 0.1) is 11.8 Å². The molecule has 2 aliphatic rings. The average Bonchev–Trinajstić information content (AvgIpc) is 3.23. The number of nitrogens with zero attached hydrogens (tertiary/aromatic N) is 1. The highest BCUT2D eigenvalue weighted by molar-refractivity contribution is 5.87. The van der Waals surface area contributed by atoms with Crippen molar-refractivity contribution >= 4 is 5.78 Å². The zero-order valence-corrected chi connectivity index (χ0v) is 11.3. The molecule has 1 aromatic heterocycles. The molecule has 1 fully saturated rings. The van der Waals surface area contributed by atoms with E-state index in [1.807, 2.05) is 12.1 Å². The van der Waals surface area contributed by atoms with E-state index < -0.39 is 0 Å². The van der Waals surface area contributed by atoms with Crippen LogP contribution in [-0.4, -0.2) is 10.8 Å². The Balaban J connectivity index is 1.54. The lowest BCUT2D eigenvalue weighted by Crippen LogP contribution is -2.07. The van der Waals surface area contributed by atoms with Crippen LogP contribution < -0.4 is 0 Å². The van der Waals surface area contributed by atoms with Crippen LogP contribution in [0.5, 0.6) is 0 Å². The molecule has 0 spiro atoms. The highest BCUT2D eigenvalue weighted by Gasteiger charge is 2.56. The molecule has 0 aliphatic heterocycles. The maximum absolute atomic E-state index is 12.5. The van der Waals surface area contributed by atoms with Crippen LogP contribution in [-0.2, 0) is 17.6 Å². The summed E-state index contributed by atoms with van der Waals surface area (Å²) in [5.74, 6) is 1.72. The zero-order valence-electron chi connectivity index (χ0n) is 11.3. The molecule has 0 amide bonds. The fourth-order valence-electron chi connectivity index (χ4n) is 3.83. The van der Waals surface area contributed by atoms with E-state index >= 15 is 0 Å². The molecule has 3 atom stereocenters. The molecular weight excluding hydrogens is 246 g/mol. The second-order valence-corrected chi connectivity index (χ2v) is 5.96. The number of benzene rings is 1. The van der Waals surface area contributed by atoms with Gasteiger partial charge in [-0.05, 0) is 47.4 Å². The smallest absolute Gasteiger partial charge is 0.141 e. The van der Waals surface area contributed by atoms with E-state index in [0.717, 1.165) is 12.0 Å². The van der Waals surface area contributed by atoms with E-state index in [9.17, 15) is 4.79 Å². The van der Waals surface area contributed by atoms with Gasteiger partial charge >= 0.3 is 0 Å². The first kappa shape index (κ1) is 11.8. The first-order valence-corrected chi connectivity index (χ1v) is 7.34. The minimum Gasteiger partial charge on any atom is -0.299 e. The number of aryl methyl sites for hydroxylation is 1. The van der Waals surface area contributed by atoms with Crippen molar-refractivity contribution in [1.29, 1.82) is 0 Å². The van der Waals surface area contributed by atoms with Crippen molar-refractivity contribution in [2.45, 2.75) is 25.2 Å². The molecule has 0 saturated heterocycles. The average molecular weight is 263 g/mol. The molecule has 4 rings (SSSR count). The molecule has 0 N–H and O–H groups in total. The normalized spacial score (nSPS) is 26.5. The van der Waals surface area contributed by atoms with Gasteiger partial charge in [-0.25, -0.2) is 0 Å². The number of pyridine rings is 1. The summed E-state index contributed by atoms with van der Waals surface area (Å²) in [6.45, 7) is 0. The minimum atomic E-state index is 0.249. The molecule has 1 saturated carbocycles. The Morgan fingerprint density at radius 3 is 2.95 bits per heavy atom. The Kier molecular flexibility index (Phi) is 2.69. The summed E-state index contributed by atoms with van der Waals surface area (Å²) in [7, 11) is 0. The lowest BCUT2D eigenvalue weighted by molar-refractivity contribution is -0.120. The SMILES string of the molecule is O=C(Cc1cccnc1)C1C2CCc3ccccc3C21. The van der Waals surface area contributed by atoms with Gasteiger partial charge in [-0.15, -0.1) is 0 Å². The Bertz CT molecular complexity index is 649. The van der Waals surface area contributed by atoms with Gasteiger partial charge in [-0.2, -0.15) is 0 Å². The lowest BCUT2D eigenvalue weighted by atomic mass is 9.92. The maximum atomic E-state index is 12.5. The number of fused-ring (bicyclic) bond motifs is 3.